The van der Waals surface area contributed by atoms with E-state index in [2.05, 4.69) is 15.6 Å². The first-order valence-corrected chi connectivity index (χ1v) is 9.08. The first kappa shape index (κ1) is 17.2. The summed E-state index contributed by atoms with van der Waals surface area (Å²) in [5.74, 6) is 2.39. The van der Waals surface area contributed by atoms with Gasteiger partial charge < -0.3 is 29.6 Å². The molecule has 3 aromatic rings. The fourth-order valence-electron chi connectivity index (χ4n) is 3.06. The molecule has 0 radical (unpaired) electrons. The third-order valence-electron chi connectivity index (χ3n) is 4.46. The zero-order valence-corrected chi connectivity index (χ0v) is 15.3. The van der Waals surface area contributed by atoms with Crippen molar-refractivity contribution in [1.29, 1.82) is 0 Å². The lowest BCUT2D eigenvalue weighted by Gasteiger charge is -2.19. The van der Waals surface area contributed by atoms with Gasteiger partial charge in [0.2, 0.25) is 6.79 Å². The van der Waals surface area contributed by atoms with Crippen LogP contribution in [0.5, 0.6) is 23.0 Å². The zero-order valence-electron chi connectivity index (χ0n) is 15.3. The molecular weight excluding hydrogens is 374 g/mol. The first-order valence-electron chi connectivity index (χ1n) is 9.08. The second-order valence-electron chi connectivity index (χ2n) is 6.44. The van der Waals surface area contributed by atoms with Crippen LogP contribution in [0.1, 0.15) is 10.5 Å². The van der Waals surface area contributed by atoms with E-state index in [1.165, 1.54) is 0 Å². The van der Waals surface area contributed by atoms with E-state index < -0.39 is 0 Å². The molecule has 2 aliphatic heterocycles. The van der Waals surface area contributed by atoms with Gasteiger partial charge in [-0.3, -0.25) is 4.79 Å². The molecule has 0 unspecified atom stereocenters. The van der Waals surface area contributed by atoms with Crippen molar-refractivity contribution in [3.63, 3.8) is 0 Å². The summed E-state index contributed by atoms with van der Waals surface area (Å²) in [4.78, 5) is 16.7. The van der Waals surface area contributed by atoms with Gasteiger partial charge in [-0.05, 0) is 36.4 Å². The Balaban J connectivity index is 1.25. The number of hydrogen-bond donors (Lipinski definition) is 2. The van der Waals surface area contributed by atoms with Crippen molar-refractivity contribution in [2.45, 2.75) is 0 Å². The molecule has 1 aromatic heterocycles. The highest BCUT2D eigenvalue weighted by molar-refractivity contribution is 6.03. The van der Waals surface area contributed by atoms with Crippen LogP contribution < -0.4 is 29.6 Å². The number of pyridine rings is 1. The molecule has 2 aromatic carbocycles. The van der Waals surface area contributed by atoms with Gasteiger partial charge in [0.1, 0.15) is 18.9 Å². The van der Waals surface area contributed by atoms with Gasteiger partial charge in [0.05, 0.1) is 11.9 Å². The number of rotatable bonds is 4. The van der Waals surface area contributed by atoms with Crippen LogP contribution in [0.3, 0.4) is 0 Å². The van der Waals surface area contributed by atoms with Crippen LogP contribution in [0.2, 0.25) is 0 Å². The van der Waals surface area contributed by atoms with Crippen molar-refractivity contribution in [2.24, 2.45) is 0 Å². The minimum absolute atomic E-state index is 0.230. The van der Waals surface area contributed by atoms with Crippen LogP contribution in [-0.2, 0) is 0 Å². The van der Waals surface area contributed by atoms with Crippen LogP contribution in [-0.4, -0.2) is 30.9 Å². The number of nitrogens with one attached hydrogen (secondary N) is 2. The Morgan fingerprint density at radius 3 is 2.24 bits per heavy atom. The highest BCUT2D eigenvalue weighted by Gasteiger charge is 2.15. The smallest absolute Gasteiger partial charge is 0.274 e. The molecule has 5 rings (SSSR count). The normalized spacial score (nSPS) is 13.7. The molecule has 0 saturated carbocycles. The van der Waals surface area contributed by atoms with E-state index in [-0.39, 0.29) is 12.7 Å². The summed E-state index contributed by atoms with van der Waals surface area (Å²) >= 11 is 0. The Morgan fingerprint density at radius 2 is 1.41 bits per heavy atom. The summed E-state index contributed by atoms with van der Waals surface area (Å²) in [6.45, 7) is 1.24. The predicted octanol–water partition coefficient (Wildman–Crippen LogP) is 3.58. The van der Waals surface area contributed by atoms with Gasteiger partial charge in [0.15, 0.2) is 23.0 Å². The summed E-state index contributed by atoms with van der Waals surface area (Å²) in [6, 6.07) is 14.3. The topological polar surface area (TPSA) is 90.9 Å². The maximum atomic E-state index is 12.5. The van der Waals surface area contributed by atoms with Crippen molar-refractivity contribution in [3.05, 3.63) is 60.4 Å². The minimum Gasteiger partial charge on any atom is -0.486 e. The van der Waals surface area contributed by atoms with Gasteiger partial charge in [-0.15, -0.1) is 0 Å². The van der Waals surface area contributed by atoms with Crippen molar-refractivity contribution in [2.75, 3.05) is 30.6 Å². The summed E-state index contributed by atoms with van der Waals surface area (Å²) in [5.41, 5.74) is 2.50. The number of benzene rings is 2. The molecular formula is C21H17N3O5. The van der Waals surface area contributed by atoms with Gasteiger partial charge in [0.25, 0.3) is 5.91 Å². The van der Waals surface area contributed by atoms with Crippen LogP contribution >= 0.6 is 0 Å². The van der Waals surface area contributed by atoms with Crippen LogP contribution in [0.25, 0.3) is 0 Å². The maximum absolute atomic E-state index is 12.5. The molecule has 146 valence electrons. The number of carbonyl (C=O) groups is 1. The van der Waals surface area contributed by atoms with E-state index in [9.17, 15) is 4.79 Å². The van der Waals surface area contributed by atoms with Gasteiger partial charge in [-0.25, -0.2) is 4.98 Å². The van der Waals surface area contributed by atoms with Crippen LogP contribution in [0.4, 0.5) is 17.1 Å². The van der Waals surface area contributed by atoms with E-state index in [1.54, 1.807) is 36.5 Å². The molecule has 0 aliphatic carbocycles. The first-order chi connectivity index (χ1) is 14.2. The summed E-state index contributed by atoms with van der Waals surface area (Å²) in [7, 11) is 0. The van der Waals surface area contributed by atoms with E-state index in [1.807, 2.05) is 18.2 Å². The van der Waals surface area contributed by atoms with Crippen LogP contribution in [0.15, 0.2) is 54.7 Å². The lowest BCUT2D eigenvalue weighted by molar-refractivity contribution is 0.102. The molecule has 29 heavy (non-hydrogen) atoms. The van der Waals surface area contributed by atoms with Gasteiger partial charge in [-0.2, -0.15) is 0 Å². The standard InChI is InChI=1S/C21H17N3O5/c25-21(24-14-3-5-17-19(10-14)27-8-7-26-17)16-4-1-15(11-22-16)23-13-2-6-18-20(9-13)29-12-28-18/h1-6,9-11,23H,7-8,12H2,(H,24,25). The van der Waals surface area contributed by atoms with E-state index in [0.29, 0.717) is 41.8 Å². The van der Waals surface area contributed by atoms with Gasteiger partial charge >= 0.3 is 0 Å². The Hall–Kier alpha value is -3.94. The summed E-state index contributed by atoms with van der Waals surface area (Å²) in [5, 5.41) is 6.04. The minimum atomic E-state index is -0.309. The summed E-state index contributed by atoms with van der Waals surface area (Å²) in [6.07, 6.45) is 1.60. The maximum Gasteiger partial charge on any atom is 0.274 e. The molecule has 8 nitrogen and oxygen atoms in total. The van der Waals surface area contributed by atoms with Crippen molar-refractivity contribution < 1.29 is 23.7 Å². The number of hydrogen-bond acceptors (Lipinski definition) is 7. The Kier molecular flexibility index (Phi) is 4.28. The number of nitrogens with zero attached hydrogens (tertiary/aromatic N) is 1. The quantitative estimate of drug-likeness (QED) is 0.702. The summed E-state index contributed by atoms with van der Waals surface area (Å²) < 4.78 is 21.7. The number of anilines is 3. The second-order valence-corrected chi connectivity index (χ2v) is 6.44. The Bertz CT molecular complexity index is 1070. The van der Waals surface area contributed by atoms with Crippen molar-refractivity contribution >= 4 is 23.0 Å². The highest BCUT2D eigenvalue weighted by Crippen LogP contribution is 2.35. The number of aromatic nitrogens is 1. The Morgan fingerprint density at radius 1 is 0.759 bits per heavy atom. The largest absolute Gasteiger partial charge is 0.486 e. The zero-order chi connectivity index (χ0) is 19.6. The number of ether oxygens (including phenoxy) is 4. The average Bonchev–Trinajstić information content (AvgIpc) is 3.22. The molecule has 2 aliphatic rings. The molecule has 3 heterocycles. The molecule has 0 bridgehead atoms. The lowest BCUT2D eigenvalue weighted by atomic mass is 10.2. The third kappa shape index (κ3) is 3.60. The lowest BCUT2D eigenvalue weighted by Crippen LogP contribution is -2.17. The average molecular weight is 391 g/mol. The SMILES string of the molecule is O=C(Nc1ccc2c(c1)OCCO2)c1ccc(Nc2ccc3c(c2)OCO3)cn1. The molecule has 0 spiro atoms. The number of carbonyl (C=O) groups excluding carboxylic acids is 1. The van der Waals surface area contributed by atoms with E-state index in [0.717, 1.165) is 17.1 Å². The Labute approximate surface area is 166 Å². The molecule has 0 atom stereocenters. The third-order valence-corrected chi connectivity index (χ3v) is 4.46. The molecule has 8 heteroatoms. The number of fused-ring (bicyclic) bond motifs is 2. The van der Waals surface area contributed by atoms with Gasteiger partial charge in [-0.1, -0.05) is 0 Å². The van der Waals surface area contributed by atoms with Crippen molar-refractivity contribution in [1.82, 2.24) is 4.98 Å². The molecule has 2 N–H and O–H groups in total. The molecule has 0 fully saturated rings. The second kappa shape index (κ2) is 7.23. The highest BCUT2D eigenvalue weighted by atomic mass is 16.7. The molecule has 0 saturated heterocycles. The van der Waals surface area contributed by atoms with E-state index >= 15 is 0 Å². The van der Waals surface area contributed by atoms with E-state index in [4.69, 9.17) is 18.9 Å². The number of amides is 1. The van der Waals surface area contributed by atoms with Crippen LogP contribution in [0, 0.1) is 0 Å². The van der Waals surface area contributed by atoms with Crippen molar-refractivity contribution in [3.8, 4) is 23.0 Å². The fourth-order valence-corrected chi connectivity index (χ4v) is 3.06. The van der Waals surface area contributed by atoms with Gasteiger partial charge in [0, 0.05) is 23.5 Å². The predicted molar refractivity (Wildman–Crippen MR) is 105 cm³/mol. The molecule has 1 amide bonds. The monoisotopic (exact) mass is 391 g/mol. The fraction of sp³-hybridized carbons (Fsp3) is 0.143.